The summed E-state index contributed by atoms with van der Waals surface area (Å²) in [6.07, 6.45) is 0.728. The third-order valence-electron chi connectivity index (χ3n) is 4.05. The molecular weight excluding hydrogens is 330 g/mol. The molecule has 5 heteroatoms. The van der Waals surface area contributed by atoms with Gasteiger partial charge in [-0.05, 0) is 48.7 Å². The third-order valence-corrected chi connectivity index (χ3v) is 4.05. The monoisotopic (exact) mass is 355 g/mol. The highest BCUT2D eigenvalue weighted by atomic mass is 16.5. The molecule has 0 radical (unpaired) electrons. The van der Waals surface area contributed by atoms with Crippen LogP contribution in [0.25, 0.3) is 0 Å². The number of imide groups is 1. The molecule has 0 aromatic heterocycles. The van der Waals surface area contributed by atoms with Crippen molar-refractivity contribution in [3.05, 3.63) is 59.7 Å². The van der Waals surface area contributed by atoms with Gasteiger partial charge in [0.15, 0.2) is 0 Å². The fourth-order valence-corrected chi connectivity index (χ4v) is 2.51. The number of rotatable bonds is 7. The standard InChI is InChI=1S/C21H25NO4/c1-15(2)11-12-22(20(23)16-7-5-9-18(13-16)25-3)21(24)17-8-6-10-19(14-17)26-4/h5-10,13-15H,11-12H2,1-4H3. The number of nitrogens with zero attached hydrogens (tertiary/aromatic N) is 1. The number of hydrogen-bond donors (Lipinski definition) is 0. The Balaban J connectivity index is 2.34. The molecule has 5 nitrogen and oxygen atoms in total. The number of amides is 2. The lowest BCUT2D eigenvalue weighted by Crippen LogP contribution is -2.38. The molecule has 0 heterocycles. The van der Waals surface area contributed by atoms with Crippen LogP contribution in [0.15, 0.2) is 48.5 Å². The van der Waals surface area contributed by atoms with Gasteiger partial charge in [0.25, 0.3) is 11.8 Å². The van der Waals surface area contributed by atoms with Crippen molar-refractivity contribution in [1.29, 1.82) is 0 Å². The predicted molar refractivity (Wildman–Crippen MR) is 101 cm³/mol. The van der Waals surface area contributed by atoms with E-state index in [0.29, 0.717) is 35.1 Å². The summed E-state index contributed by atoms with van der Waals surface area (Å²) in [7, 11) is 3.09. The number of carbonyl (C=O) groups excluding carboxylic acids is 2. The Hall–Kier alpha value is -2.82. The van der Waals surface area contributed by atoms with Crippen LogP contribution < -0.4 is 9.47 Å². The number of benzene rings is 2. The summed E-state index contributed by atoms with van der Waals surface area (Å²) in [5, 5.41) is 0. The van der Waals surface area contributed by atoms with Gasteiger partial charge in [-0.15, -0.1) is 0 Å². The highest BCUT2D eigenvalue weighted by Crippen LogP contribution is 2.19. The van der Waals surface area contributed by atoms with Crippen molar-refractivity contribution < 1.29 is 19.1 Å². The number of carbonyl (C=O) groups is 2. The number of methoxy groups -OCH3 is 2. The summed E-state index contributed by atoms with van der Waals surface area (Å²) >= 11 is 0. The Morgan fingerprint density at radius 2 is 1.35 bits per heavy atom. The van der Waals surface area contributed by atoms with Crippen LogP contribution in [0.3, 0.4) is 0 Å². The van der Waals surface area contributed by atoms with E-state index in [1.54, 1.807) is 62.8 Å². The van der Waals surface area contributed by atoms with E-state index < -0.39 is 0 Å². The van der Waals surface area contributed by atoms with Gasteiger partial charge in [-0.1, -0.05) is 26.0 Å². The first-order valence-electron chi connectivity index (χ1n) is 8.60. The molecule has 0 bridgehead atoms. The van der Waals surface area contributed by atoms with Crippen molar-refractivity contribution in [1.82, 2.24) is 4.90 Å². The fraction of sp³-hybridized carbons (Fsp3) is 0.333. The van der Waals surface area contributed by atoms with Crippen LogP contribution in [-0.4, -0.2) is 37.5 Å². The van der Waals surface area contributed by atoms with E-state index in [-0.39, 0.29) is 11.8 Å². The van der Waals surface area contributed by atoms with Crippen molar-refractivity contribution in [2.24, 2.45) is 5.92 Å². The molecule has 0 aliphatic heterocycles. The van der Waals surface area contributed by atoms with Crippen LogP contribution in [-0.2, 0) is 0 Å². The van der Waals surface area contributed by atoms with Crippen molar-refractivity contribution in [2.75, 3.05) is 20.8 Å². The van der Waals surface area contributed by atoms with E-state index in [9.17, 15) is 9.59 Å². The summed E-state index contributed by atoms with van der Waals surface area (Å²) in [5.74, 6) is 0.852. The second-order valence-electron chi connectivity index (χ2n) is 6.41. The van der Waals surface area contributed by atoms with Crippen molar-refractivity contribution in [3.63, 3.8) is 0 Å². The van der Waals surface area contributed by atoms with Gasteiger partial charge in [0.2, 0.25) is 0 Å². The molecule has 138 valence electrons. The fourth-order valence-electron chi connectivity index (χ4n) is 2.51. The average Bonchev–Trinajstić information content (AvgIpc) is 2.67. The van der Waals surface area contributed by atoms with Crippen LogP contribution in [0.4, 0.5) is 0 Å². The van der Waals surface area contributed by atoms with E-state index in [4.69, 9.17) is 9.47 Å². The minimum absolute atomic E-state index is 0.336. The Labute approximate surface area is 154 Å². The smallest absolute Gasteiger partial charge is 0.260 e. The van der Waals surface area contributed by atoms with Gasteiger partial charge in [0.1, 0.15) is 11.5 Å². The third kappa shape index (κ3) is 4.85. The van der Waals surface area contributed by atoms with Gasteiger partial charge in [0.05, 0.1) is 14.2 Å². The topological polar surface area (TPSA) is 55.8 Å². The van der Waals surface area contributed by atoms with E-state index in [1.807, 2.05) is 0 Å². The minimum Gasteiger partial charge on any atom is -0.497 e. The lowest BCUT2D eigenvalue weighted by Gasteiger charge is -2.22. The molecule has 0 saturated carbocycles. The summed E-state index contributed by atoms with van der Waals surface area (Å²) in [6, 6.07) is 13.7. The first kappa shape index (κ1) is 19.5. The molecule has 2 aromatic rings. The maximum Gasteiger partial charge on any atom is 0.260 e. The summed E-state index contributed by atoms with van der Waals surface area (Å²) in [6.45, 7) is 4.47. The molecule has 0 aliphatic carbocycles. The molecule has 0 N–H and O–H groups in total. The summed E-state index contributed by atoms with van der Waals surface area (Å²) in [4.78, 5) is 27.3. The molecule has 0 aliphatic rings. The summed E-state index contributed by atoms with van der Waals surface area (Å²) in [5.41, 5.74) is 0.841. The lowest BCUT2D eigenvalue weighted by molar-refractivity contribution is 0.0609. The molecule has 2 aromatic carbocycles. The van der Waals surface area contributed by atoms with Crippen LogP contribution in [0.1, 0.15) is 41.0 Å². The highest BCUT2D eigenvalue weighted by molar-refractivity contribution is 6.10. The second-order valence-corrected chi connectivity index (χ2v) is 6.41. The van der Waals surface area contributed by atoms with Gasteiger partial charge in [-0.2, -0.15) is 0 Å². The van der Waals surface area contributed by atoms with Gasteiger partial charge < -0.3 is 9.47 Å². The SMILES string of the molecule is COc1cccc(C(=O)N(CCC(C)C)C(=O)c2cccc(OC)c2)c1. The Kier molecular flexibility index (Phi) is 6.78. The zero-order chi connectivity index (χ0) is 19.1. The Bertz CT molecular complexity index is 711. The molecule has 0 atom stereocenters. The van der Waals surface area contributed by atoms with Crippen molar-refractivity contribution in [3.8, 4) is 11.5 Å². The molecule has 2 amide bonds. The number of hydrogen-bond acceptors (Lipinski definition) is 4. The average molecular weight is 355 g/mol. The maximum absolute atomic E-state index is 13.0. The van der Waals surface area contributed by atoms with Crippen LogP contribution >= 0.6 is 0 Å². The molecule has 0 saturated heterocycles. The van der Waals surface area contributed by atoms with Gasteiger partial charge >= 0.3 is 0 Å². The van der Waals surface area contributed by atoms with Gasteiger partial charge in [-0.3, -0.25) is 14.5 Å². The quantitative estimate of drug-likeness (QED) is 0.704. The van der Waals surface area contributed by atoms with Crippen molar-refractivity contribution >= 4 is 11.8 Å². The Morgan fingerprint density at radius 1 is 0.885 bits per heavy atom. The molecule has 0 fully saturated rings. The van der Waals surface area contributed by atoms with Gasteiger partial charge in [-0.25, -0.2) is 0 Å². The molecule has 26 heavy (non-hydrogen) atoms. The largest absolute Gasteiger partial charge is 0.497 e. The van der Waals surface area contributed by atoms with Crippen LogP contribution in [0.5, 0.6) is 11.5 Å². The first-order chi connectivity index (χ1) is 12.5. The zero-order valence-corrected chi connectivity index (χ0v) is 15.7. The predicted octanol–water partition coefficient (Wildman–Crippen LogP) is 4.03. The van der Waals surface area contributed by atoms with E-state index in [0.717, 1.165) is 6.42 Å². The normalized spacial score (nSPS) is 10.5. The molecule has 0 spiro atoms. The van der Waals surface area contributed by atoms with E-state index in [2.05, 4.69) is 13.8 Å². The first-order valence-corrected chi connectivity index (χ1v) is 8.60. The van der Waals surface area contributed by atoms with Crippen LogP contribution in [0.2, 0.25) is 0 Å². The maximum atomic E-state index is 13.0. The Morgan fingerprint density at radius 3 is 1.73 bits per heavy atom. The van der Waals surface area contributed by atoms with Crippen molar-refractivity contribution in [2.45, 2.75) is 20.3 Å². The molecule has 0 unspecified atom stereocenters. The zero-order valence-electron chi connectivity index (χ0n) is 15.7. The lowest BCUT2D eigenvalue weighted by atomic mass is 10.1. The summed E-state index contributed by atoms with van der Waals surface area (Å²) < 4.78 is 10.4. The second kappa shape index (κ2) is 9.04. The van der Waals surface area contributed by atoms with E-state index >= 15 is 0 Å². The highest BCUT2D eigenvalue weighted by Gasteiger charge is 2.24. The molecule has 2 rings (SSSR count). The van der Waals surface area contributed by atoms with E-state index in [1.165, 1.54) is 4.90 Å². The van der Waals surface area contributed by atoms with Crippen LogP contribution in [0, 0.1) is 5.92 Å². The van der Waals surface area contributed by atoms with Gasteiger partial charge in [0, 0.05) is 17.7 Å². The molecular formula is C21H25NO4. The number of ether oxygens (including phenoxy) is 2. The minimum atomic E-state index is -0.336.